The fraction of sp³-hybridized carbons (Fsp3) is 0.222. The summed E-state index contributed by atoms with van der Waals surface area (Å²) in [7, 11) is 0. The predicted molar refractivity (Wildman–Crippen MR) is 132 cm³/mol. The standard InChI is InChI=1S/C27H25N5O/c33-27(17-6-2-1-3-7-17)29-21-12-20(15-28-16-21)18-10-11-24-22(13-18)26(32-31-24)25-14-19-8-4-5-9-23(19)30-25/h4-5,8-17,30H,1-3,6-7H2,(H,29,33)(H,31,32). The lowest BCUT2D eigenvalue weighted by atomic mass is 9.88. The highest BCUT2D eigenvalue weighted by Crippen LogP contribution is 2.32. The molecule has 0 radical (unpaired) electrons. The molecule has 1 fully saturated rings. The van der Waals surface area contributed by atoms with Crippen molar-refractivity contribution < 1.29 is 4.79 Å². The first-order valence-electron chi connectivity index (χ1n) is 11.6. The van der Waals surface area contributed by atoms with Gasteiger partial charge in [-0.05, 0) is 48.7 Å². The van der Waals surface area contributed by atoms with Gasteiger partial charge in [0.1, 0.15) is 5.69 Å². The van der Waals surface area contributed by atoms with Crippen LogP contribution in [0.1, 0.15) is 32.1 Å². The van der Waals surface area contributed by atoms with Gasteiger partial charge in [-0.1, -0.05) is 43.5 Å². The minimum absolute atomic E-state index is 0.111. The predicted octanol–water partition coefficient (Wildman–Crippen LogP) is 6.29. The van der Waals surface area contributed by atoms with Crippen LogP contribution in [0.5, 0.6) is 0 Å². The molecule has 3 N–H and O–H groups in total. The minimum atomic E-state index is 0.111. The Hall–Kier alpha value is -3.93. The Bertz CT molecular complexity index is 1420. The Morgan fingerprint density at radius 3 is 2.67 bits per heavy atom. The van der Waals surface area contributed by atoms with E-state index in [0.717, 1.165) is 75.7 Å². The van der Waals surface area contributed by atoms with Crippen molar-refractivity contribution in [1.29, 1.82) is 0 Å². The number of rotatable bonds is 4. The maximum Gasteiger partial charge on any atom is 0.227 e. The number of H-pyrrole nitrogens is 2. The first-order valence-corrected chi connectivity index (χ1v) is 11.6. The van der Waals surface area contributed by atoms with E-state index in [2.05, 4.69) is 55.8 Å². The number of anilines is 1. The number of hydrogen-bond acceptors (Lipinski definition) is 3. The van der Waals surface area contributed by atoms with Crippen molar-refractivity contribution in [2.24, 2.45) is 5.92 Å². The molecule has 3 aromatic heterocycles. The Balaban J connectivity index is 1.32. The van der Waals surface area contributed by atoms with E-state index in [0.29, 0.717) is 0 Å². The van der Waals surface area contributed by atoms with Crippen LogP contribution in [0.2, 0.25) is 0 Å². The second-order valence-corrected chi connectivity index (χ2v) is 8.89. The van der Waals surface area contributed by atoms with Crippen LogP contribution in [0.3, 0.4) is 0 Å². The molecule has 3 heterocycles. The van der Waals surface area contributed by atoms with Gasteiger partial charge in [0.05, 0.1) is 23.1 Å². The number of benzene rings is 2. The van der Waals surface area contributed by atoms with Gasteiger partial charge in [0.15, 0.2) is 0 Å². The largest absolute Gasteiger partial charge is 0.353 e. The van der Waals surface area contributed by atoms with Gasteiger partial charge < -0.3 is 10.3 Å². The van der Waals surface area contributed by atoms with Gasteiger partial charge in [-0.3, -0.25) is 14.9 Å². The van der Waals surface area contributed by atoms with Crippen LogP contribution < -0.4 is 5.32 Å². The van der Waals surface area contributed by atoms with E-state index in [1.54, 1.807) is 6.20 Å². The quantitative estimate of drug-likeness (QED) is 0.310. The third-order valence-electron chi connectivity index (χ3n) is 6.66. The van der Waals surface area contributed by atoms with Gasteiger partial charge in [-0.2, -0.15) is 5.10 Å². The number of para-hydroxylation sites is 1. The van der Waals surface area contributed by atoms with E-state index in [-0.39, 0.29) is 11.8 Å². The maximum atomic E-state index is 12.7. The molecule has 0 spiro atoms. The number of pyridine rings is 1. The van der Waals surface area contributed by atoms with Crippen molar-refractivity contribution in [2.75, 3.05) is 5.32 Å². The van der Waals surface area contributed by atoms with Crippen molar-refractivity contribution in [3.05, 3.63) is 67.0 Å². The molecule has 33 heavy (non-hydrogen) atoms. The molecule has 0 unspecified atom stereocenters. The topological polar surface area (TPSA) is 86.5 Å². The molecule has 1 aliphatic rings. The van der Waals surface area contributed by atoms with E-state index in [4.69, 9.17) is 0 Å². The lowest BCUT2D eigenvalue weighted by Crippen LogP contribution is -2.24. The van der Waals surface area contributed by atoms with Crippen LogP contribution in [0.25, 0.3) is 44.3 Å². The third-order valence-corrected chi connectivity index (χ3v) is 6.66. The second-order valence-electron chi connectivity index (χ2n) is 8.89. The van der Waals surface area contributed by atoms with Crippen LogP contribution >= 0.6 is 0 Å². The zero-order chi connectivity index (χ0) is 22.2. The lowest BCUT2D eigenvalue weighted by Gasteiger charge is -2.20. The summed E-state index contributed by atoms with van der Waals surface area (Å²) < 4.78 is 0. The van der Waals surface area contributed by atoms with Gasteiger partial charge in [0.2, 0.25) is 5.91 Å². The van der Waals surface area contributed by atoms with Gasteiger partial charge in [-0.15, -0.1) is 0 Å². The first kappa shape index (κ1) is 19.7. The van der Waals surface area contributed by atoms with Crippen LogP contribution in [0, 0.1) is 5.92 Å². The van der Waals surface area contributed by atoms with Gasteiger partial charge in [0, 0.05) is 34.0 Å². The molecular formula is C27H25N5O. The number of nitrogens with zero attached hydrogens (tertiary/aromatic N) is 2. The van der Waals surface area contributed by atoms with E-state index in [1.807, 2.05) is 30.5 Å². The molecule has 0 saturated heterocycles. The third kappa shape index (κ3) is 3.78. The van der Waals surface area contributed by atoms with E-state index >= 15 is 0 Å². The molecule has 1 saturated carbocycles. The Morgan fingerprint density at radius 2 is 1.79 bits per heavy atom. The molecule has 0 atom stereocenters. The molecule has 0 bridgehead atoms. The number of nitrogens with one attached hydrogen (secondary N) is 3. The van der Waals surface area contributed by atoms with Gasteiger partial charge >= 0.3 is 0 Å². The number of amides is 1. The molecule has 6 heteroatoms. The number of carbonyl (C=O) groups excluding carboxylic acids is 1. The zero-order valence-electron chi connectivity index (χ0n) is 18.3. The Morgan fingerprint density at radius 1 is 0.909 bits per heavy atom. The Kier molecular flexibility index (Phi) is 4.91. The molecule has 6 rings (SSSR count). The molecule has 1 amide bonds. The summed E-state index contributed by atoms with van der Waals surface area (Å²) >= 11 is 0. The number of hydrogen-bond donors (Lipinski definition) is 3. The number of fused-ring (bicyclic) bond motifs is 2. The van der Waals surface area contributed by atoms with Crippen LogP contribution in [-0.2, 0) is 4.79 Å². The average Bonchev–Trinajstić information content (AvgIpc) is 3.48. The van der Waals surface area contributed by atoms with Crippen molar-refractivity contribution in [3.8, 4) is 22.5 Å². The fourth-order valence-corrected chi connectivity index (χ4v) is 4.88. The molecule has 0 aliphatic heterocycles. The summed E-state index contributed by atoms with van der Waals surface area (Å²) in [6.45, 7) is 0. The normalized spacial score (nSPS) is 14.7. The maximum absolute atomic E-state index is 12.7. The summed E-state index contributed by atoms with van der Waals surface area (Å²) in [5.74, 6) is 0.226. The molecular weight excluding hydrogens is 410 g/mol. The minimum Gasteiger partial charge on any atom is -0.353 e. The molecule has 1 aliphatic carbocycles. The van der Waals surface area contributed by atoms with E-state index in [1.165, 1.54) is 6.42 Å². The summed E-state index contributed by atoms with van der Waals surface area (Å²) in [4.78, 5) is 20.5. The van der Waals surface area contributed by atoms with Crippen LogP contribution in [-0.4, -0.2) is 26.1 Å². The monoisotopic (exact) mass is 435 g/mol. The van der Waals surface area contributed by atoms with Crippen LogP contribution in [0.15, 0.2) is 67.0 Å². The highest BCUT2D eigenvalue weighted by Gasteiger charge is 2.21. The smallest absolute Gasteiger partial charge is 0.227 e. The highest BCUT2D eigenvalue weighted by molar-refractivity contribution is 5.98. The lowest BCUT2D eigenvalue weighted by molar-refractivity contribution is -0.120. The second kappa shape index (κ2) is 8.20. The summed E-state index contributed by atoms with van der Waals surface area (Å²) in [6, 6.07) is 18.6. The van der Waals surface area contributed by atoms with Crippen molar-refractivity contribution in [3.63, 3.8) is 0 Å². The summed E-state index contributed by atoms with van der Waals surface area (Å²) in [5.41, 5.74) is 6.66. The first-order chi connectivity index (χ1) is 16.2. The number of aromatic amines is 2. The number of carbonyl (C=O) groups is 1. The number of aromatic nitrogens is 4. The zero-order valence-corrected chi connectivity index (χ0v) is 18.3. The average molecular weight is 436 g/mol. The Labute approximate surface area is 191 Å². The van der Waals surface area contributed by atoms with Crippen molar-refractivity contribution in [1.82, 2.24) is 20.2 Å². The SMILES string of the molecule is O=C(Nc1cncc(-c2ccc3[nH]nc(-c4cc5ccccc5[nH]4)c3c2)c1)C1CCCCC1. The fourth-order valence-electron chi connectivity index (χ4n) is 4.88. The summed E-state index contributed by atoms with van der Waals surface area (Å²) in [5, 5.41) is 13.0. The van der Waals surface area contributed by atoms with Crippen molar-refractivity contribution >= 4 is 33.4 Å². The van der Waals surface area contributed by atoms with Gasteiger partial charge in [0.25, 0.3) is 0 Å². The van der Waals surface area contributed by atoms with Crippen molar-refractivity contribution in [2.45, 2.75) is 32.1 Å². The summed E-state index contributed by atoms with van der Waals surface area (Å²) in [6.07, 6.45) is 9.02. The van der Waals surface area contributed by atoms with Gasteiger partial charge in [-0.25, -0.2) is 0 Å². The van der Waals surface area contributed by atoms with E-state index < -0.39 is 0 Å². The highest BCUT2D eigenvalue weighted by atomic mass is 16.1. The molecule has 5 aromatic rings. The molecule has 164 valence electrons. The molecule has 6 nitrogen and oxygen atoms in total. The molecule has 2 aromatic carbocycles. The van der Waals surface area contributed by atoms with E-state index in [9.17, 15) is 4.79 Å². The van der Waals surface area contributed by atoms with Crippen LogP contribution in [0.4, 0.5) is 5.69 Å².